The zero-order valence-electron chi connectivity index (χ0n) is 7.67. The van der Waals surface area contributed by atoms with Crippen molar-refractivity contribution in [3.63, 3.8) is 0 Å². The molecule has 0 aromatic heterocycles. The fourth-order valence-electron chi connectivity index (χ4n) is 1.43. The van der Waals surface area contributed by atoms with E-state index in [-0.39, 0.29) is 13.2 Å². The smallest absolute Gasteiger partial charge is 0.305 e. The molecular weight excluding hydrogens is 187 g/mol. The molecule has 0 radical (unpaired) electrons. The number of carbonyl (C=O) groups excluding carboxylic acids is 1. The van der Waals surface area contributed by atoms with Gasteiger partial charge in [0.05, 0.1) is 6.42 Å². The zero-order chi connectivity index (χ0) is 10.1. The number of aryl methyl sites for hydroxylation is 1. The van der Waals surface area contributed by atoms with Gasteiger partial charge in [0, 0.05) is 0 Å². The van der Waals surface area contributed by atoms with Crippen molar-refractivity contribution in [1.29, 1.82) is 0 Å². The number of carbonyl (C=O) groups is 1. The summed E-state index contributed by atoms with van der Waals surface area (Å²) in [6.07, 6.45) is -0.206. The fourth-order valence-corrected chi connectivity index (χ4v) is 1.43. The minimum absolute atomic E-state index is 0.182. The van der Waals surface area contributed by atoms with Crippen molar-refractivity contribution in [2.75, 3.05) is 6.79 Å². The lowest BCUT2D eigenvalue weighted by molar-refractivity contribution is -0.128. The number of halogens is 1. The molecule has 0 spiro atoms. The molecule has 0 unspecified atom stereocenters. The molecule has 0 saturated carbocycles. The van der Waals surface area contributed by atoms with Gasteiger partial charge in [-0.3, -0.25) is 4.79 Å². The maximum atomic E-state index is 12.2. The van der Waals surface area contributed by atoms with Gasteiger partial charge in [-0.25, -0.2) is 0 Å². The summed E-state index contributed by atoms with van der Waals surface area (Å²) in [4.78, 5) is 10.3. The summed E-state index contributed by atoms with van der Waals surface area (Å²) < 4.78 is 22.5. The van der Waals surface area contributed by atoms with Crippen molar-refractivity contribution in [1.82, 2.24) is 0 Å². The Labute approximate surface area is 80.4 Å². The highest BCUT2D eigenvalue weighted by atomic mass is 19.1. The highest BCUT2D eigenvalue weighted by Crippen LogP contribution is 2.34. The third kappa shape index (κ3) is 1.55. The van der Waals surface area contributed by atoms with E-state index in [1.54, 1.807) is 19.1 Å². The molecule has 3 nitrogen and oxygen atoms in total. The highest BCUT2D eigenvalue weighted by molar-refractivity contribution is 5.72. The van der Waals surface area contributed by atoms with Crippen molar-refractivity contribution >= 4 is 6.04 Å². The van der Waals surface area contributed by atoms with Gasteiger partial charge in [-0.2, -0.15) is 4.39 Å². The van der Waals surface area contributed by atoms with Crippen LogP contribution in [0, 0.1) is 6.92 Å². The summed E-state index contributed by atoms with van der Waals surface area (Å²) in [6, 6.07) is 2.06. The lowest BCUT2D eigenvalue weighted by Crippen LogP contribution is -1.97. The molecule has 14 heavy (non-hydrogen) atoms. The number of hydrogen-bond donors (Lipinski definition) is 0. The molecule has 0 saturated heterocycles. The van der Waals surface area contributed by atoms with E-state index in [1.165, 1.54) is 0 Å². The topological polar surface area (TPSA) is 35.5 Å². The largest absolute Gasteiger partial charge is 0.454 e. The predicted octanol–water partition coefficient (Wildman–Crippen LogP) is 1.76. The van der Waals surface area contributed by atoms with Crippen molar-refractivity contribution in [3.05, 3.63) is 23.3 Å². The normalized spacial score (nSPS) is 13.0. The monoisotopic (exact) mass is 196 g/mol. The second-order valence-corrected chi connectivity index (χ2v) is 3.16. The lowest BCUT2D eigenvalue weighted by atomic mass is 10.1. The molecule has 0 fully saturated rings. The van der Waals surface area contributed by atoms with E-state index in [2.05, 4.69) is 0 Å². The molecule has 0 bridgehead atoms. The van der Waals surface area contributed by atoms with Crippen LogP contribution in [0.3, 0.4) is 0 Å². The Morgan fingerprint density at radius 2 is 2.07 bits per heavy atom. The summed E-state index contributed by atoms with van der Waals surface area (Å²) in [5.41, 5.74) is 1.47. The van der Waals surface area contributed by atoms with Crippen LogP contribution in [-0.2, 0) is 11.2 Å². The van der Waals surface area contributed by atoms with Gasteiger partial charge < -0.3 is 9.47 Å². The van der Waals surface area contributed by atoms with E-state index in [9.17, 15) is 9.18 Å². The average molecular weight is 196 g/mol. The van der Waals surface area contributed by atoms with Crippen molar-refractivity contribution < 1.29 is 18.7 Å². The average Bonchev–Trinajstić information content (AvgIpc) is 2.51. The summed E-state index contributed by atoms with van der Waals surface area (Å²) in [5.74, 6) is 1.23. The third-order valence-electron chi connectivity index (χ3n) is 2.16. The Morgan fingerprint density at radius 3 is 2.71 bits per heavy atom. The van der Waals surface area contributed by atoms with E-state index >= 15 is 0 Å². The number of benzene rings is 1. The molecule has 1 aliphatic heterocycles. The first-order chi connectivity index (χ1) is 6.66. The Kier molecular flexibility index (Phi) is 2.11. The Morgan fingerprint density at radius 1 is 1.43 bits per heavy atom. The van der Waals surface area contributed by atoms with Crippen LogP contribution >= 0.6 is 0 Å². The molecule has 2 rings (SSSR count). The predicted molar refractivity (Wildman–Crippen MR) is 47.1 cm³/mol. The molecule has 74 valence electrons. The number of ether oxygens (including phenoxy) is 2. The molecule has 1 aromatic rings. The van der Waals surface area contributed by atoms with Crippen LogP contribution in [-0.4, -0.2) is 12.8 Å². The van der Waals surface area contributed by atoms with Crippen LogP contribution in [0.2, 0.25) is 0 Å². The maximum absolute atomic E-state index is 12.2. The molecule has 0 aliphatic carbocycles. The van der Waals surface area contributed by atoms with Crippen LogP contribution in [0.25, 0.3) is 0 Å². The first-order valence-corrected chi connectivity index (χ1v) is 4.24. The van der Waals surface area contributed by atoms with Gasteiger partial charge in [0.2, 0.25) is 6.79 Å². The molecule has 0 amide bonds. The van der Waals surface area contributed by atoms with Gasteiger partial charge in [0.15, 0.2) is 11.5 Å². The van der Waals surface area contributed by atoms with Gasteiger partial charge in [0.25, 0.3) is 0 Å². The summed E-state index contributed by atoms with van der Waals surface area (Å²) >= 11 is 0. The van der Waals surface area contributed by atoms with Gasteiger partial charge in [0.1, 0.15) is 0 Å². The minimum Gasteiger partial charge on any atom is -0.454 e. The molecule has 0 atom stereocenters. The van der Waals surface area contributed by atoms with Crippen molar-refractivity contribution in [3.8, 4) is 11.5 Å². The SMILES string of the molecule is Cc1cc2c(cc1CC(=O)F)OCO2. The highest BCUT2D eigenvalue weighted by Gasteiger charge is 2.16. The van der Waals surface area contributed by atoms with Crippen LogP contribution in [0.4, 0.5) is 4.39 Å². The first kappa shape index (κ1) is 8.99. The number of rotatable bonds is 2. The third-order valence-corrected chi connectivity index (χ3v) is 2.16. The van der Waals surface area contributed by atoms with Crippen LogP contribution in [0.15, 0.2) is 12.1 Å². The second-order valence-electron chi connectivity index (χ2n) is 3.16. The summed E-state index contributed by atoms with van der Waals surface area (Å²) in [7, 11) is 0. The second kappa shape index (κ2) is 3.29. The quantitative estimate of drug-likeness (QED) is 0.676. The molecule has 1 aliphatic rings. The van der Waals surface area contributed by atoms with Crippen molar-refractivity contribution in [2.24, 2.45) is 0 Å². The zero-order valence-corrected chi connectivity index (χ0v) is 7.67. The minimum atomic E-state index is -1.34. The number of fused-ring (bicyclic) bond motifs is 1. The van der Waals surface area contributed by atoms with E-state index < -0.39 is 6.04 Å². The summed E-state index contributed by atoms with van der Waals surface area (Å²) in [6.45, 7) is 1.99. The van der Waals surface area contributed by atoms with E-state index in [4.69, 9.17) is 9.47 Å². The molecule has 1 heterocycles. The lowest BCUT2D eigenvalue weighted by Gasteiger charge is -2.04. The van der Waals surface area contributed by atoms with Crippen LogP contribution < -0.4 is 9.47 Å². The van der Waals surface area contributed by atoms with Crippen LogP contribution in [0.1, 0.15) is 11.1 Å². The van der Waals surface area contributed by atoms with E-state index in [0.29, 0.717) is 17.1 Å². The van der Waals surface area contributed by atoms with Crippen molar-refractivity contribution in [2.45, 2.75) is 13.3 Å². The standard InChI is InChI=1S/C10H9FO3/c1-6-2-8-9(14-5-13-8)3-7(6)4-10(11)12/h2-3H,4-5H2,1H3. The molecule has 4 heteroatoms. The van der Waals surface area contributed by atoms with Gasteiger partial charge in [-0.05, 0) is 30.2 Å². The first-order valence-electron chi connectivity index (χ1n) is 4.24. The summed E-state index contributed by atoms with van der Waals surface area (Å²) in [5, 5.41) is 0. The Balaban J connectivity index is 2.37. The van der Waals surface area contributed by atoms with Crippen LogP contribution in [0.5, 0.6) is 11.5 Å². The fraction of sp³-hybridized carbons (Fsp3) is 0.300. The van der Waals surface area contributed by atoms with Gasteiger partial charge in [-0.1, -0.05) is 0 Å². The number of hydrogen-bond acceptors (Lipinski definition) is 3. The van der Waals surface area contributed by atoms with E-state index in [1.807, 2.05) is 0 Å². The van der Waals surface area contributed by atoms with E-state index in [0.717, 1.165) is 5.56 Å². The molecule has 1 aromatic carbocycles. The van der Waals surface area contributed by atoms with Gasteiger partial charge in [-0.15, -0.1) is 0 Å². The Bertz CT molecular complexity index is 387. The molecule has 0 N–H and O–H groups in total. The molecular formula is C10H9FO3. The maximum Gasteiger partial charge on any atom is 0.305 e. The Hall–Kier alpha value is -1.58. The van der Waals surface area contributed by atoms with Gasteiger partial charge >= 0.3 is 6.04 Å².